The Morgan fingerprint density at radius 2 is 1.88 bits per heavy atom. The summed E-state index contributed by atoms with van der Waals surface area (Å²) in [5, 5.41) is 2.94. The Balaban J connectivity index is 1.72. The van der Waals surface area contributed by atoms with Crippen molar-refractivity contribution in [2.24, 2.45) is 11.8 Å². The van der Waals surface area contributed by atoms with Crippen LogP contribution in [0, 0.1) is 11.8 Å². The van der Waals surface area contributed by atoms with E-state index in [0.29, 0.717) is 49.9 Å². The van der Waals surface area contributed by atoms with E-state index in [2.05, 4.69) is 19.2 Å². The first-order valence-electron chi connectivity index (χ1n) is 9.32. The fourth-order valence-electron chi connectivity index (χ4n) is 2.95. The molecule has 1 aromatic carbocycles. The van der Waals surface area contributed by atoms with Crippen molar-refractivity contribution in [3.05, 3.63) is 30.3 Å². The lowest BCUT2D eigenvalue weighted by Crippen LogP contribution is -2.43. The van der Waals surface area contributed by atoms with E-state index in [1.54, 1.807) is 30.3 Å². The molecule has 0 radical (unpaired) electrons. The minimum Gasteiger partial charge on any atom is -0.381 e. The molecule has 1 fully saturated rings. The third kappa shape index (κ3) is 6.07. The van der Waals surface area contributed by atoms with Gasteiger partial charge in [-0.2, -0.15) is 4.31 Å². The molecule has 1 aromatic rings. The van der Waals surface area contributed by atoms with Gasteiger partial charge in [-0.15, -0.1) is 0 Å². The summed E-state index contributed by atoms with van der Waals surface area (Å²) >= 11 is 0. The first-order valence-corrected chi connectivity index (χ1v) is 10.8. The molecule has 2 rings (SSSR count). The molecule has 0 atom stereocenters. The molecule has 1 N–H and O–H groups in total. The van der Waals surface area contributed by atoms with Crippen LogP contribution in [0.2, 0.25) is 0 Å². The SMILES string of the molecule is CC(C)COCCCNC(=O)C1CCN(S(=O)(=O)c2ccccc2)CC1. The van der Waals surface area contributed by atoms with Gasteiger partial charge in [0.15, 0.2) is 0 Å². The molecule has 0 bridgehead atoms. The molecule has 1 saturated heterocycles. The van der Waals surface area contributed by atoms with Crippen LogP contribution >= 0.6 is 0 Å². The van der Waals surface area contributed by atoms with E-state index < -0.39 is 10.0 Å². The van der Waals surface area contributed by atoms with Gasteiger partial charge in [0.25, 0.3) is 0 Å². The maximum atomic E-state index is 12.6. The number of hydrogen-bond acceptors (Lipinski definition) is 4. The predicted octanol–water partition coefficient (Wildman–Crippen LogP) is 2.27. The van der Waals surface area contributed by atoms with E-state index in [0.717, 1.165) is 13.0 Å². The lowest BCUT2D eigenvalue weighted by atomic mass is 9.97. The minimum atomic E-state index is -3.46. The zero-order chi connectivity index (χ0) is 19.0. The summed E-state index contributed by atoms with van der Waals surface area (Å²) in [6, 6.07) is 8.45. The van der Waals surface area contributed by atoms with Crippen LogP contribution < -0.4 is 5.32 Å². The number of amides is 1. The second kappa shape index (κ2) is 10.0. The summed E-state index contributed by atoms with van der Waals surface area (Å²) in [4.78, 5) is 12.6. The topological polar surface area (TPSA) is 75.7 Å². The average Bonchev–Trinajstić information content (AvgIpc) is 2.65. The maximum absolute atomic E-state index is 12.6. The highest BCUT2D eigenvalue weighted by Crippen LogP contribution is 2.23. The lowest BCUT2D eigenvalue weighted by molar-refractivity contribution is -0.126. The Morgan fingerprint density at radius 1 is 1.23 bits per heavy atom. The highest BCUT2D eigenvalue weighted by atomic mass is 32.2. The Morgan fingerprint density at radius 3 is 2.50 bits per heavy atom. The Hall–Kier alpha value is -1.44. The third-order valence-electron chi connectivity index (χ3n) is 4.42. The van der Waals surface area contributed by atoms with Gasteiger partial charge in [0.2, 0.25) is 15.9 Å². The van der Waals surface area contributed by atoms with Gasteiger partial charge in [-0.3, -0.25) is 4.79 Å². The second-order valence-electron chi connectivity index (χ2n) is 7.10. The van der Waals surface area contributed by atoms with Crippen LogP contribution in [0.15, 0.2) is 35.2 Å². The zero-order valence-electron chi connectivity index (χ0n) is 15.7. The van der Waals surface area contributed by atoms with Crippen LogP contribution in [0.3, 0.4) is 0 Å². The van der Waals surface area contributed by atoms with E-state index in [1.165, 1.54) is 4.31 Å². The van der Waals surface area contributed by atoms with Gasteiger partial charge in [0.1, 0.15) is 0 Å². The molecule has 1 aliphatic rings. The quantitative estimate of drug-likeness (QED) is 0.665. The number of benzene rings is 1. The van der Waals surface area contributed by atoms with Gasteiger partial charge in [0, 0.05) is 38.8 Å². The summed E-state index contributed by atoms with van der Waals surface area (Å²) in [6.07, 6.45) is 1.91. The molecule has 0 aliphatic carbocycles. The lowest BCUT2D eigenvalue weighted by Gasteiger charge is -2.30. The third-order valence-corrected chi connectivity index (χ3v) is 6.33. The fraction of sp³-hybridized carbons (Fsp3) is 0.632. The molecule has 0 spiro atoms. The summed E-state index contributed by atoms with van der Waals surface area (Å²) < 4.78 is 32.2. The molecular formula is C19H30N2O4S. The molecule has 6 nitrogen and oxygen atoms in total. The van der Waals surface area contributed by atoms with E-state index >= 15 is 0 Å². The van der Waals surface area contributed by atoms with Crippen LogP contribution in [0.25, 0.3) is 0 Å². The van der Waals surface area contributed by atoms with Crippen molar-refractivity contribution in [2.45, 2.75) is 38.0 Å². The molecule has 0 unspecified atom stereocenters. The van der Waals surface area contributed by atoms with Gasteiger partial charge in [-0.05, 0) is 37.3 Å². The van der Waals surface area contributed by atoms with Crippen molar-refractivity contribution in [3.8, 4) is 0 Å². The molecule has 1 amide bonds. The number of rotatable bonds is 9. The van der Waals surface area contributed by atoms with Crippen molar-refractivity contribution < 1.29 is 17.9 Å². The normalized spacial score (nSPS) is 16.7. The number of carbonyl (C=O) groups is 1. The van der Waals surface area contributed by atoms with Gasteiger partial charge in [-0.1, -0.05) is 32.0 Å². The smallest absolute Gasteiger partial charge is 0.243 e. The number of sulfonamides is 1. The highest BCUT2D eigenvalue weighted by Gasteiger charge is 2.31. The van der Waals surface area contributed by atoms with Crippen molar-refractivity contribution in [2.75, 3.05) is 32.8 Å². The maximum Gasteiger partial charge on any atom is 0.243 e. The fourth-order valence-corrected chi connectivity index (χ4v) is 4.44. The predicted molar refractivity (Wildman–Crippen MR) is 101 cm³/mol. The van der Waals surface area contributed by atoms with Crippen molar-refractivity contribution >= 4 is 15.9 Å². The number of hydrogen-bond donors (Lipinski definition) is 1. The van der Waals surface area contributed by atoms with Crippen molar-refractivity contribution in [3.63, 3.8) is 0 Å². The Kier molecular flexibility index (Phi) is 8.06. The van der Waals surface area contributed by atoms with Gasteiger partial charge in [-0.25, -0.2) is 8.42 Å². The molecule has 146 valence electrons. The van der Waals surface area contributed by atoms with E-state index in [4.69, 9.17) is 4.74 Å². The first kappa shape index (κ1) is 20.9. The molecule has 1 aliphatic heterocycles. The zero-order valence-corrected chi connectivity index (χ0v) is 16.5. The largest absolute Gasteiger partial charge is 0.381 e. The number of carbonyl (C=O) groups excluding carboxylic acids is 1. The summed E-state index contributed by atoms with van der Waals surface area (Å²) in [5.74, 6) is 0.418. The molecule has 1 heterocycles. The van der Waals surface area contributed by atoms with Crippen molar-refractivity contribution in [1.29, 1.82) is 0 Å². The first-order chi connectivity index (χ1) is 12.4. The number of nitrogens with zero attached hydrogens (tertiary/aromatic N) is 1. The van der Waals surface area contributed by atoms with Crippen molar-refractivity contribution in [1.82, 2.24) is 9.62 Å². The van der Waals surface area contributed by atoms with Gasteiger partial charge >= 0.3 is 0 Å². The monoisotopic (exact) mass is 382 g/mol. The number of nitrogens with one attached hydrogen (secondary N) is 1. The van der Waals surface area contributed by atoms with E-state index in [-0.39, 0.29) is 11.8 Å². The summed E-state index contributed by atoms with van der Waals surface area (Å²) in [5.41, 5.74) is 0. The minimum absolute atomic E-state index is 0.0191. The molecule has 0 saturated carbocycles. The second-order valence-corrected chi connectivity index (χ2v) is 9.04. The Labute approximate surface area is 157 Å². The molecule has 7 heteroatoms. The standard InChI is InChI=1S/C19H30N2O4S/c1-16(2)15-25-14-6-11-20-19(22)17-9-12-21(13-10-17)26(23,24)18-7-4-3-5-8-18/h3-5,7-8,16-17H,6,9-15H2,1-2H3,(H,20,22). The number of ether oxygens (including phenoxy) is 1. The molecular weight excluding hydrogens is 352 g/mol. The van der Waals surface area contributed by atoms with E-state index in [9.17, 15) is 13.2 Å². The summed E-state index contributed by atoms with van der Waals surface area (Å²) in [7, 11) is -3.46. The van der Waals surface area contributed by atoms with E-state index in [1.807, 2.05) is 0 Å². The Bertz CT molecular complexity index is 653. The van der Waals surface area contributed by atoms with Gasteiger partial charge in [0.05, 0.1) is 4.90 Å². The number of piperidine rings is 1. The van der Waals surface area contributed by atoms with Gasteiger partial charge < -0.3 is 10.1 Å². The molecule has 26 heavy (non-hydrogen) atoms. The van der Waals surface area contributed by atoms with Crippen LogP contribution in [0.4, 0.5) is 0 Å². The van der Waals surface area contributed by atoms with Crippen LogP contribution in [-0.4, -0.2) is 51.5 Å². The summed E-state index contributed by atoms with van der Waals surface area (Å²) in [6.45, 7) is 6.95. The van der Waals surface area contributed by atoms with Crippen LogP contribution in [0.5, 0.6) is 0 Å². The molecule has 0 aromatic heterocycles. The average molecular weight is 383 g/mol. The highest BCUT2D eigenvalue weighted by molar-refractivity contribution is 7.89. The van der Waals surface area contributed by atoms with Crippen LogP contribution in [-0.2, 0) is 19.6 Å². The van der Waals surface area contributed by atoms with Crippen LogP contribution in [0.1, 0.15) is 33.1 Å².